The van der Waals surface area contributed by atoms with Crippen LogP contribution in [0.2, 0.25) is 0 Å². The predicted molar refractivity (Wildman–Crippen MR) is 57.3 cm³/mol. The largest absolute Gasteiger partial charge is 0.268 e. The first kappa shape index (κ1) is 9.28. The lowest BCUT2D eigenvalue weighted by atomic mass is 10.2. The van der Waals surface area contributed by atoms with Crippen molar-refractivity contribution >= 4 is 11.6 Å². The molecule has 72 valence electrons. The molecule has 2 nitrogen and oxygen atoms in total. The maximum Gasteiger partial charge on any atom is 0.0659 e. The smallest absolute Gasteiger partial charge is 0.0659 e. The van der Waals surface area contributed by atoms with Gasteiger partial charge >= 0.3 is 0 Å². The maximum atomic E-state index is 5.69. The molecule has 0 spiro atoms. The van der Waals surface area contributed by atoms with E-state index in [1.807, 2.05) is 29.1 Å². The highest BCUT2D eigenvalue weighted by Crippen LogP contribution is 2.05. The van der Waals surface area contributed by atoms with Gasteiger partial charge in [0.1, 0.15) is 0 Å². The van der Waals surface area contributed by atoms with E-state index < -0.39 is 0 Å². The van der Waals surface area contributed by atoms with Gasteiger partial charge in [0.05, 0.1) is 18.6 Å². The quantitative estimate of drug-likeness (QED) is 0.707. The Labute approximate surface area is 88.1 Å². The molecule has 14 heavy (non-hydrogen) atoms. The van der Waals surface area contributed by atoms with Crippen molar-refractivity contribution in [3.05, 3.63) is 53.9 Å². The molecule has 2 aromatic rings. The third-order valence-corrected chi connectivity index (χ3v) is 2.34. The zero-order valence-corrected chi connectivity index (χ0v) is 8.48. The molecule has 0 aliphatic heterocycles. The van der Waals surface area contributed by atoms with Crippen molar-refractivity contribution < 1.29 is 0 Å². The molecule has 0 atom stereocenters. The van der Waals surface area contributed by atoms with E-state index in [0.29, 0.717) is 5.88 Å². The number of hydrogen-bond acceptors (Lipinski definition) is 1. The molecule has 0 aliphatic carbocycles. The van der Waals surface area contributed by atoms with E-state index >= 15 is 0 Å². The molecule has 3 heteroatoms. The number of nitrogens with zero attached hydrogens (tertiary/aromatic N) is 2. The van der Waals surface area contributed by atoms with Gasteiger partial charge in [-0.05, 0) is 5.56 Å². The number of hydrogen-bond donors (Lipinski definition) is 0. The number of benzene rings is 1. The van der Waals surface area contributed by atoms with E-state index in [1.165, 1.54) is 5.56 Å². The topological polar surface area (TPSA) is 17.8 Å². The highest BCUT2D eigenvalue weighted by molar-refractivity contribution is 6.17. The third kappa shape index (κ3) is 2.15. The van der Waals surface area contributed by atoms with Crippen LogP contribution >= 0.6 is 11.6 Å². The number of halogens is 1. The Balaban J connectivity index is 2.11. The maximum absolute atomic E-state index is 5.69. The number of rotatable bonds is 3. The zero-order chi connectivity index (χ0) is 9.80. The van der Waals surface area contributed by atoms with Crippen LogP contribution in [-0.4, -0.2) is 9.78 Å². The average Bonchev–Trinajstić information content (AvgIpc) is 2.67. The lowest BCUT2D eigenvalue weighted by Gasteiger charge is -2.00. The van der Waals surface area contributed by atoms with Crippen LogP contribution in [0.5, 0.6) is 0 Å². The minimum absolute atomic E-state index is 0.523. The second kappa shape index (κ2) is 4.29. The molecular weight excluding hydrogens is 196 g/mol. The van der Waals surface area contributed by atoms with Crippen molar-refractivity contribution in [1.82, 2.24) is 9.78 Å². The summed E-state index contributed by atoms with van der Waals surface area (Å²) >= 11 is 5.69. The van der Waals surface area contributed by atoms with Gasteiger partial charge in [0.15, 0.2) is 0 Å². The molecule has 0 N–H and O–H groups in total. The third-order valence-electron chi connectivity index (χ3n) is 2.03. The molecule has 0 saturated heterocycles. The summed E-state index contributed by atoms with van der Waals surface area (Å²) in [6, 6.07) is 10.2. The van der Waals surface area contributed by atoms with E-state index in [1.54, 1.807) is 6.20 Å². The van der Waals surface area contributed by atoms with Crippen LogP contribution < -0.4 is 0 Å². The van der Waals surface area contributed by atoms with Crippen LogP contribution in [0.4, 0.5) is 0 Å². The normalized spacial score (nSPS) is 10.4. The lowest BCUT2D eigenvalue weighted by molar-refractivity contribution is 0.686. The molecule has 0 radical (unpaired) electrons. The summed E-state index contributed by atoms with van der Waals surface area (Å²) in [5, 5.41) is 4.21. The van der Waals surface area contributed by atoms with E-state index in [9.17, 15) is 0 Å². The Morgan fingerprint density at radius 3 is 2.57 bits per heavy atom. The minimum atomic E-state index is 0.523. The molecule has 2 rings (SSSR count). The SMILES string of the molecule is ClCc1cnn(Cc2ccccc2)c1. The van der Waals surface area contributed by atoms with Crippen LogP contribution in [0, 0.1) is 0 Å². The first-order chi connectivity index (χ1) is 6.88. The summed E-state index contributed by atoms with van der Waals surface area (Å²) in [5.41, 5.74) is 2.30. The summed E-state index contributed by atoms with van der Waals surface area (Å²) in [5.74, 6) is 0.523. The van der Waals surface area contributed by atoms with Gasteiger partial charge in [-0.15, -0.1) is 11.6 Å². The van der Waals surface area contributed by atoms with Gasteiger partial charge in [0.2, 0.25) is 0 Å². The molecule has 1 aromatic heterocycles. The van der Waals surface area contributed by atoms with E-state index in [4.69, 9.17) is 11.6 Å². The zero-order valence-electron chi connectivity index (χ0n) is 7.73. The minimum Gasteiger partial charge on any atom is -0.268 e. The second-order valence-corrected chi connectivity index (χ2v) is 3.43. The van der Waals surface area contributed by atoms with Crippen molar-refractivity contribution in [1.29, 1.82) is 0 Å². The van der Waals surface area contributed by atoms with Gasteiger partial charge < -0.3 is 0 Å². The fourth-order valence-electron chi connectivity index (χ4n) is 1.33. The van der Waals surface area contributed by atoms with Crippen molar-refractivity contribution in [2.45, 2.75) is 12.4 Å². The van der Waals surface area contributed by atoms with Crippen molar-refractivity contribution in [2.75, 3.05) is 0 Å². The highest BCUT2D eigenvalue weighted by atomic mass is 35.5. The highest BCUT2D eigenvalue weighted by Gasteiger charge is 1.97. The summed E-state index contributed by atoms with van der Waals surface area (Å²) in [7, 11) is 0. The van der Waals surface area contributed by atoms with Gasteiger partial charge in [0.25, 0.3) is 0 Å². The summed E-state index contributed by atoms with van der Waals surface area (Å²) in [6.07, 6.45) is 3.77. The number of aromatic nitrogens is 2. The monoisotopic (exact) mass is 206 g/mol. The Morgan fingerprint density at radius 1 is 1.14 bits per heavy atom. The van der Waals surface area contributed by atoms with E-state index in [-0.39, 0.29) is 0 Å². The second-order valence-electron chi connectivity index (χ2n) is 3.17. The predicted octanol–water partition coefficient (Wildman–Crippen LogP) is 2.67. The van der Waals surface area contributed by atoms with Crippen molar-refractivity contribution in [3.8, 4) is 0 Å². The first-order valence-electron chi connectivity index (χ1n) is 4.50. The van der Waals surface area contributed by atoms with Gasteiger partial charge in [0, 0.05) is 11.8 Å². The van der Waals surface area contributed by atoms with Crippen LogP contribution in [-0.2, 0) is 12.4 Å². The van der Waals surface area contributed by atoms with Crippen LogP contribution in [0.1, 0.15) is 11.1 Å². The van der Waals surface area contributed by atoms with Crippen molar-refractivity contribution in [2.24, 2.45) is 0 Å². The Bertz CT molecular complexity index is 395. The van der Waals surface area contributed by atoms with E-state index in [0.717, 1.165) is 12.1 Å². The fraction of sp³-hybridized carbons (Fsp3) is 0.182. The Morgan fingerprint density at radius 2 is 1.93 bits per heavy atom. The van der Waals surface area contributed by atoms with Gasteiger partial charge in [-0.3, -0.25) is 4.68 Å². The van der Waals surface area contributed by atoms with Crippen LogP contribution in [0.25, 0.3) is 0 Å². The summed E-state index contributed by atoms with van der Waals surface area (Å²) < 4.78 is 1.90. The van der Waals surface area contributed by atoms with Gasteiger partial charge in [-0.2, -0.15) is 5.10 Å². The van der Waals surface area contributed by atoms with E-state index in [2.05, 4.69) is 17.2 Å². The van der Waals surface area contributed by atoms with Gasteiger partial charge in [-0.1, -0.05) is 30.3 Å². The Kier molecular flexibility index (Phi) is 2.84. The fourth-order valence-corrected chi connectivity index (χ4v) is 1.47. The summed E-state index contributed by atoms with van der Waals surface area (Å²) in [4.78, 5) is 0. The molecule has 0 saturated carbocycles. The number of alkyl halides is 1. The lowest BCUT2D eigenvalue weighted by Crippen LogP contribution is -1.99. The first-order valence-corrected chi connectivity index (χ1v) is 5.03. The molecule has 0 bridgehead atoms. The molecular formula is C11H11ClN2. The van der Waals surface area contributed by atoms with Crippen molar-refractivity contribution in [3.63, 3.8) is 0 Å². The molecule has 1 aromatic carbocycles. The molecule has 0 fully saturated rings. The summed E-state index contributed by atoms with van der Waals surface area (Å²) in [6.45, 7) is 0.803. The average molecular weight is 207 g/mol. The standard InChI is InChI=1S/C11H11ClN2/c12-6-11-7-13-14(9-11)8-10-4-2-1-3-5-10/h1-5,7,9H,6,8H2. The van der Waals surface area contributed by atoms with Gasteiger partial charge in [-0.25, -0.2) is 0 Å². The van der Waals surface area contributed by atoms with Crippen LogP contribution in [0.15, 0.2) is 42.7 Å². The van der Waals surface area contributed by atoms with Crippen LogP contribution in [0.3, 0.4) is 0 Å². The molecule has 0 unspecified atom stereocenters. The molecule has 0 aliphatic rings. The molecule has 1 heterocycles. The Hall–Kier alpha value is -1.28. The molecule has 0 amide bonds.